The summed E-state index contributed by atoms with van der Waals surface area (Å²) < 4.78 is 0. The molecule has 0 radical (unpaired) electrons. The molecule has 0 fully saturated rings. The van der Waals surface area contributed by atoms with Gasteiger partial charge < -0.3 is 5.11 Å². The van der Waals surface area contributed by atoms with E-state index in [1.165, 1.54) is 0 Å². The van der Waals surface area contributed by atoms with Crippen LogP contribution in [-0.2, 0) is 6.42 Å². The molecule has 76 valence electrons. The standard InChI is InChI=1S/C11H15NOS/c1-3-4-5-6-11(13)7-10-8-14-9(2)12-10/h8,11,13H,5-7H2,1-2H3. The first-order chi connectivity index (χ1) is 6.72. The van der Waals surface area contributed by atoms with Crippen molar-refractivity contribution >= 4 is 11.3 Å². The van der Waals surface area contributed by atoms with Crippen LogP contribution in [0.2, 0.25) is 0 Å². The highest BCUT2D eigenvalue weighted by atomic mass is 32.1. The monoisotopic (exact) mass is 209 g/mol. The third-order valence-electron chi connectivity index (χ3n) is 1.89. The first kappa shape index (κ1) is 11.2. The van der Waals surface area contributed by atoms with E-state index in [-0.39, 0.29) is 6.10 Å². The first-order valence-electron chi connectivity index (χ1n) is 4.71. The Kier molecular flexibility index (Phi) is 4.64. The minimum atomic E-state index is -0.308. The van der Waals surface area contributed by atoms with Gasteiger partial charge >= 0.3 is 0 Å². The Morgan fingerprint density at radius 1 is 1.64 bits per heavy atom. The van der Waals surface area contributed by atoms with Gasteiger partial charge in [0.25, 0.3) is 0 Å². The van der Waals surface area contributed by atoms with E-state index < -0.39 is 0 Å². The number of aryl methyl sites for hydroxylation is 1. The normalized spacial score (nSPS) is 11.9. The van der Waals surface area contributed by atoms with E-state index in [1.54, 1.807) is 11.3 Å². The predicted octanol–water partition coefficient (Wildman–Crippen LogP) is 2.16. The average Bonchev–Trinajstić information content (AvgIpc) is 2.52. The summed E-state index contributed by atoms with van der Waals surface area (Å²) in [6.07, 6.45) is 1.84. The van der Waals surface area contributed by atoms with Crippen molar-refractivity contribution in [2.24, 2.45) is 0 Å². The second-order valence-corrected chi connectivity index (χ2v) is 4.24. The minimum Gasteiger partial charge on any atom is -0.393 e. The molecule has 14 heavy (non-hydrogen) atoms. The Labute approximate surface area is 89.0 Å². The highest BCUT2D eigenvalue weighted by molar-refractivity contribution is 7.09. The van der Waals surface area contributed by atoms with E-state index in [9.17, 15) is 5.11 Å². The van der Waals surface area contributed by atoms with E-state index in [1.807, 2.05) is 19.2 Å². The molecule has 0 saturated carbocycles. The van der Waals surface area contributed by atoms with Crippen molar-refractivity contribution in [3.63, 3.8) is 0 Å². The molecule has 3 heteroatoms. The number of aromatic nitrogens is 1. The number of hydrogen-bond donors (Lipinski definition) is 1. The summed E-state index contributed by atoms with van der Waals surface area (Å²) in [6.45, 7) is 3.79. The van der Waals surface area contributed by atoms with Gasteiger partial charge in [-0.15, -0.1) is 23.2 Å². The van der Waals surface area contributed by atoms with Gasteiger partial charge in [0.05, 0.1) is 16.8 Å². The molecular weight excluding hydrogens is 194 g/mol. The van der Waals surface area contributed by atoms with Crippen molar-refractivity contribution in [1.82, 2.24) is 4.98 Å². The van der Waals surface area contributed by atoms with Crippen LogP contribution >= 0.6 is 11.3 Å². The smallest absolute Gasteiger partial charge is 0.0897 e. The average molecular weight is 209 g/mol. The lowest BCUT2D eigenvalue weighted by atomic mass is 10.1. The van der Waals surface area contributed by atoms with Gasteiger partial charge in [-0.3, -0.25) is 0 Å². The fourth-order valence-electron chi connectivity index (χ4n) is 1.21. The third-order valence-corrected chi connectivity index (χ3v) is 2.71. The second kappa shape index (κ2) is 5.79. The lowest BCUT2D eigenvalue weighted by Gasteiger charge is -2.05. The van der Waals surface area contributed by atoms with Crippen molar-refractivity contribution in [2.75, 3.05) is 0 Å². The van der Waals surface area contributed by atoms with Crippen LogP contribution in [0, 0.1) is 18.8 Å². The molecule has 0 aliphatic rings. The lowest BCUT2D eigenvalue weighted by molar-refractivity contribution is 0.165. The molecule has 0 aliphatic carbocycles. The molecule has 1 N–H and O–H groups in total. The predicted molar refractivity (Wildman–Crippen MR) is 59.2 cm³/mol. The van der Waals surface area contributed by atoms with Crippen LogP contribution in [0.5, 0.6) is 0 Å². The largest absolute Gasteiger partial charge is 0.393 e. The van der Waals surface area contributed by atoms with Gasteiger partial charge in [0.2, 0.25) is 0 Å². The maximum atomic E-state index is 9.64. The second-order valence-electron chi connectivity index (χ2n) is 3.18. The zero-order chi connectivity index (χ0) is 10.4. The molecule has 1 aromatic rings. The molecule has 0 saturated heterocycles. The maximum absolute atomic E-state index is 9.64. The summed E-state index contributed by atoms with van der Waals surface area (Å²) in [5.41, 5.74) is 0.990. The van der Waals surface area contributed by atoms with E-state index in [0.29, 0.717) is 6.42 Å². The Balaban J connectivity index is 2.32. The van der Waals surface area contributed by atoms with E-state index in [0.717, 1.165) is 23.5 Å². The highest BCUT2D eigenvalue weighted by Gasteiger charge is 2.06. The number of rotatable bonds is 4. The number of aliphatic hydroxyl groups is 1. The van der Waals surface area contributed by atoms with Gasteiger partial charge in [-0.1, -0.05) is 0 Å². The Hall–Kier alpha value is -0.850. The van der Waals surface area contributed by atoms with Crippen LogP contribution in [-0.4, -0.2) is 16.2 Å². The summed E-state index contributed by atoms with van der Waals surface area (Å²) in [7, 11) is 0. The molecule has 0 spiro atoms. The lowest BCUT2D eigenvalue weighted by Crippen LogP contribution is -2.10. The zero-order valence-corrected chi connectivity index (χ0v) is 9.40. The van der Waals surface area contributed by atoms with Crippen LogP contribution in [0.25, 0.3) is 0 Å². The van der Waals surface area contributed by atoms with E-state index >= 15 is 0 Å². The van der Waals surface area contributed by atoms with Gasteiger partial charge in [0, 0.05) is 18.2 Å². The van der Waals surface area contributed by atoms with Gasteiger partial charge in [-0.2, -0.15) is 0 Å². The number of thiazole rings is 1. The fourth-order valence-corrected chi connectivity index (χ4v) is 1.83. The van der Waals surface area contributed by atoms with E-state index in [4.69, 9.17) is 0 Å². The topological polar surface area (TPSA) is 33.1 Å². The van der Waals surface area contributed by atoms with Crippen molar-refractivity contribution in [3.05, 3.63) is 16.1 Å². The summed E-state index contributed by atoms with van der Waals surface area (Å²) >= 11 is 1.62. The van der Waals surface area contributed by atoms with Gasteiger partial charge in [0.15, 0.2) is 0 Å². The molecular formula is C11H15NOS. The number of hydrogen-bond acceptors (Lipinski definition) is 3. The molecule has 0 amide bonds. The van der Waals surface area contributed by atoms with Crippen LogP contribution in [0.15, 0.2) is 5.38 Å². The highest BCUT2D eigenvalue weighted by Crippen LogP contribution is 2.11. The molecule has 1 rings (SSSR count). The molecule has 1 aromatic heterocycles. The maximum Gasteiger partial charge on any atom is 0.0897 e. The fraction of sp³-hybridized carbons (Fsp3) is 0.545. The quantitative estimate of drug-likeness (QED) is 0.771. The van der Waals surface area contributed by atoms with Crippen molar-refractivity contribution in [3.8, 4) is 11.8 Å². The minimum absolute atomic E-state index is 0.308. The van der Waals surface area contributed by atoms with Gasteiger partial charge in [-0.25, -0.2) is 4.98 Å². The van der Waals surface area contributed by atoms with Crippen molar-refractivity contribution in [2.45, 2.75) is 39.2 Å². The van der Waals surface area contributed by atoms with Crippen molar-refractivity contribution in [1.29, 1.82) is 0 Å². The van der Waals surface area contributed by atoms with Crippen LogP contribution in [0.1, 0.15) is 30.5 Å². The van der Waals surface area contributed by atoms with E-state index in [2.05, 4.69) is 16.8 Å². The Morgan fingerprint density at radius 3 is 3.00 bits per heavy atom. The molecule has 0 aliphatic heterocycles. The van der Waals surface area contributed by atoms with Gasteiger partial charge in [0.1, 0.15) is 0 Å². The molecule has 1 heterocycles. The molecule has 1 atom stereocenters. The third kappa shape index (κ3) is 3.91. The van der Waals surface area contributed by atoms with Crippen LogP contribution in [0.4, 0.5) is 0 Å². The summed E-state index contributed by atoms with van der Waals surface area (Å²) in [5.74, 6) is 5.76. The number of nitrogens with zero attached hydrogens (tertiary/aromatic N) is 1. The molecule has 1 unspecified atom stereocenters. The summed E-state index contributed by atoms with van der Waals surface area (Å²) in [5, 5.41) is 12.7. The first-order valence-corrected chi connectivity index (χ1v) is 5.59. The summed E-state index contributed by atoms with van der Waals surface area (Å²) in [6, 6.07) is 0. The molecule has 2 nitrogen and oxygen atoms in total. The summed E-state index contributed by atoms with van der Waals surface area (Å²) in [4.78, 5) is 4.30. The molecule has 0 aromatic carbocycles. The van der Waals surface area contributed by atoms with Crippen LogP contribution in [0.3, 0.4) is 0 Å². The molecule has 0 bridgehead atoms. The Bertz CT molecular complexity index is 335. The Morgan fingerprint density at radius 2 is 2.43 bits per heavy atom. The SMILES string of the molecule is CC#CCCC(O)Cc1csc(C)n1. The zero-order valence-electron chi connectivity index (χ0n) is 8.58. The van der Waals surface area contributed by atoms with Gasteiger partial charge in [-0.05, 0) is 20.3 Å². The van der Waals surface area contributed by atoms with Crippen LogP contribution < -0.4 is 0 Å². The number of aliphatic hydroxyl groups excluding tert-OH is 1. The van der Waals surface area contributed by atoms with Crippen molar-refractivity contribution < 1.29 is 5.11 Å².